The molecule has 0 radical (unpaired) electrons. The third-order valence-corrected chi connectivity index (χ3v) is 3.98. The number of carbonyl (C=O) groups excluding carboxylic acids is 1. The summed E-state index contributed by atoms with van der Waals surface area (Å²) in [5.41, 5.74) is 8.40. The molecule has 0 atom stereocenters. The Kier molecular flexibility index (Phi) is 4.97. The maximum absolute atomic E-state index is 12.0. The number of nitrogens with one attached hydrogen (secondary N) is 1. The Bertz CT molecular complexity index is 405. The average Bonchev–Trinajstić information content (AvgIpc) is 2.41. The van der Waals surface area contributed by atoms with E-state index < -0.39 is 0 Å². The van der Waals surface area contributed by atoms with Crippen LogP contribution < -0.4 is 11.1 Å². The summed E-state index contributed by atoms with van der Waals surface area (Å²) in [4.78, 5) is 12.0. The van der Waals surface area contributed by atoms with Crippen LogP contribution in [0.5, 0.6) is 0 Å². The Morgan fingerprint density at radius 1 is 1.21 bits per heavy atom. The molecule has 0 spiro atoms. The Labute approximate surface area is 115 Å². The van der Waals surface area contributed by atoms with Crippen molar-refractivity contribution in [2.24, 2.45) is 11.7 Å². The first kappa shape index (κ1) is 14.1. The number of amides is 1. The van der Waals surface area contributed by atoms with E-state index in [1.165, 1.54) is 11.1 Å². The fourth-order valence-electron chi connectivity index (χ4n) is 2.61. The van der Waals surface area contributed by atoms with E-state index in [-0.39, 0.29) is 11.8 Å². The lowest BCUT2D eigenvalue weighted by Gasteiger charge is -2.25. The molecule has 2 rings (SSSR count). The first-order valence-electron chi connectivity index (χ1n) is 7.24. The van der Waals surface area contributed by atoms with Crippen LogP contribution in [0.4, 0.5) is 0 Å². The number of benzene rings is 1. The minimum absolute atomic E-state index is 0.179. The first-order valence-corrected chi connectivity index (χ1v) is 7.24. The average molecular weight is 260 g/mol. The quantitative estimate of drug-likeness (QED) is 0.871. The number of aryl methyl sites for hydroxylation is 1. The molecule has 0 saturated heterocycles. The molecule has 0 aliphatic heterocycles. The lowest BCUT2D eigenvalue weighted by molar-refractivity contribution is -0.125. The molecule has 104 valence electrons. The maximum Gasteiger partial charge on any atom is 0.223 e. The van der Waals surface area contributed by atoms with Gasteiger partial charge in [-0.3, -0.25) is 4.79 Å². The smallest absolute Gasteiger partial charge is 0.223 e. The number of hydrogen-bond donors (Lipinski definition) is 2. The van der Waals surface area contributed by atoms with Gasteiger partial charge in [-0.1, -0.05) is 29.8 Å². The summed E-state index contributed by atoms with van der Waals surface area (Å²) in [6.07, 6.45) is 4.75. The summed E-state index contributed by atoms with van der Waals surface area (Å²) >= 11 is 0. The van der Waals surface area contributed by atoms with Crippen LogP contribution in [0.1, 0.15) is 36.8 Å². The molecule has 0 aromatic heterocycles. The lowest BCUT2D eigenvalue weighted by atomic mass is 9.86. The van der Waals surface area contributed by atoms with E-state index in [1.54, 1.807) is 0 Å². The van der Waals surface area contributed by atoms with Crippen LogP contribution in [0.2, 0.25) is 0 Å². The molecule has 1 amide bonds. The van der Waals surface area contributed by atoms with Crippen molar-refractivity contribution in [2.45, 2.75) is 45.1 Å². The van der Waals surface area contributed by atoms with Crippen molar-refractivity contribution in [1.82, 2.24) is 5.32 Å². The van der Waals surface area contributed by atoms with Gasteiger partial charge in [-0.25, -0.2) is 0 Å². The predicted molar refractivity (Wildman–Crippen MR) is 77.8 cm³/mol. The van der Waals surface area contributed by atoms with Crippen LogP contribution in [0.3, 0.4) is 0 Å². The van der Waals surface area contributed by atoms with E-state index in [4.69, 9.17) is 5.73 Å². The topological polar surface area (TPSA) is 55.1 Å². The van der Waals surface area contributed by atoms with Gasteiger partial charge in [0, 0.05) is 18.5 Å². The molecule has 0 heterocycles. The van der Waals surface area contributed by atoms with Gasteiger partial charge in [0.1, 0.15) is 0 Å². The highest BCUT2D eigenvalue weighted by molar-refractivity contribution is 5.78. The summed E-state index contributed by atoms with van der Waals surface area (Å²) < 4.78 is 0. The van der Waals surface area contributed by atoms with Gasteiger partial charge in [0.15, 0.2) is 0 Å². The molecule has 19 heavy (non-hydrogen) atoms. The Hall–Kier alpha value is -1.35. The largest absolute Gasteiger partial charge is 0.356 e. The van der Waals surface area contributed by atoms with Crippen molar-refractivity contribution >= 4 is 5.91 Å². The second-order valence-corrected chi connectivity index (χ2v) is 5.64. The third-order valence-electron chi connectivity index (χ3n) is 3.98. The number of carbonyl (C=O) groups is 1. The highest BCUT2D eigenvalue weighted by Crippen LogP contribution is 2.23. The van der Waals surface area contributed by atoms with Crippen LogP contribution in [-0.2, 0) is 11.2 Å². The van der Waals surface area contributed by atoms with Crippen molar-refractivity contribution in [3.05, 3.63) is 35.4 Å². The van der Waals surface area contributed by atoms with Gasteiger partial charge in [0.2, 0.25) is 5.91 Å². The molecule has 1 fully saturated rings. The van der Waals surface area contributed by atoms with Crippen LogP contribution >= 0.6 is 0 Å². The number of hydrogen-bond acceptors (Lipinski definition) is 2. The molecule has 1 aliphatic rings. The van der Waals surface area contributed by atoms with Crippen molar-refractivity contribution in [2.75, 3.05) is 6.54 Å². The molecule has 0 bridgehead atoms. The molecule has 1 aliphatic carbocycles. The van der Waals surface area contributed by atoms with Crippen molar-refractivity contribution < 1.29 is 4.79 Å². The van der Waals surface area contributed by atoms with Crippen LogP contribution in [0.15, 0.2) is 24.3 Å². The van der Waals surface area contributed by atoms with Gasteiger partial charge in [0.25, 0.3) is 0 Å². The molecule has 3 heteroatoms. The van der Waals surface area contributed by atoms with Crippen molar-refractivity contribution in [1.29, 1.82) is 0 Å². The van der Waals surface area contributed by atoms with E-state index in [0.717, 1.165) is 38.6 Å². The molecular formula is C16H24N2O. The molecule has 1 aromatic carbocycles. The van der Waals surface area contributed by atoms with Gasteiger partial charge in [-0.2, -0.15) is 0 Å². The summed E-state index contributed by atoms with van der Waals surface area (Å²) in [5.74, 6) is 0.386. The SMILES string of the molecule is Cc1ccc(CCNC(=O)C2CCC(N)CC2)cc1. The van der Waals surface area contributed by atoms with Crippen molar-refractivity contribution in [3.8, 4) is 0 Å². The molecule has 0 unspecified atom stereocenters. The van der Waals surface area contributed by atoms with Gasteiger partial charge < -0.3 is 11.1 Å². The van der Waals surface area contributed by atoms with E-state index in [0.29, 0.717) is 6.04 Å². The second-order valence-electron chi connectivity index (χ2n) is 5.64. The van der Waals surface area contributed by atoms with E-state index in [2.05, 4.69) is 36.5 Å². The minimum Gasteiger partial charge on any atom is -0.356 e. The number of rotatable bonds is 4. The Morgan fingerprint density at radius 2 is 1.84 bits per heavy atom. The lowest BCUT2D eigenvalue weighted by Crippen LogP contribution is -2.37. The summed E-state index contributed by atoms with van der Waals surface area (Å²) in [6, 6.07) is 8.78. The normalized spacial score (nSPS) is 23.1. The molecule has 3 nitrogen and oxygen atoms in total. The number of nitrogens with two attached hydrogens (primary N) is 1. The van der Waals surface area contributed by atoms with Crippen LogP contribution in [0, 0.1) is 12.8 Å². The van der Waals surface area contributed by atoms with Crippen LogP contribution in [0.25, 0.3) is 0 Å². The standard InChI is InChI=1S/C16H24N2O/c1-12-2-4-13(5-3-12)10-11-18-16(19)14-6-8-15(17)9-7-14/h2-5,14-15H,6-11,17H2,1H3,(H,18,19). The summed E-state index contributed by atoms with van der Waals surface area (Å²) in [5, 5.41) is 3.05. The molecule has 3 N–H and O–H groups in total. The van der Waals surface area contributed by atoms with Gasteiger partial charge >= 0.3 is 0 Å². The van der Waals surface area contributed by atoms with E-state index in [1.807, 2.05) is 0 Å². The van der Waals surface area contributed by atoms with E-state index in [9.17, 15) is 4.79 Å². The molecular weight excluding hydrogens is 236 g/mol. The highest BCUT2D eigenvalue weighted by atomic mass is 16.1. The predicted octanol–water partition coefficient (Wildman–Crippen LogP) is 2.17. The Morgan fingerprint density at radius 3 is 2.47 bits per heavy atom. The summed E-state index contributed by atoms with van der Waals surface area (Å²) in [6.45, 7) is 2.81. The molecule has 1 aromatic rings. The summed E-state index contributed by atoms with van der Waals surface area (Å²) in [7, 11) is 0. The zero-order valence-corrected chi connectivity index (χ0v) is 11.7. The minimum atomic E-state index is 0.179. The zero-order chi connectivity index (χ0) is 13.7. The van der Waals surface area contributed by atoms with Crippen molar-refractivity contribution in [3.63, 3.8) is 0 Å². The van der Waals surface area contributed by atoms with Gasteiger partial charge in [-0.15, -0.1) is 0 Å². The molecule has 1 saturated carbocycles. The second kappa shape index (κ2) is 6.71. The monoisotopic (exact) mass is 260 g/mol. The fourth-order valence-corrected chi connectivity index (χ4v) is 2.61. The van der Waals surface area contributed by atoms with Gasteiger partial charge in [0.05, 0.1) is 0 Å². The van der Waals surface area contributed by atoms with Gasteiger partial charge in [-0.05, 0) is 44.6 Å². The van der Waals surface area contributed by atoms with Crippen LogP contribution in [-0.4, -0.2) is 18.5 Å². The Balaban J connectivity index is 1.70. The van der Waals surface area contributed by atoms with E-state index >= 15 is 0 Å². The first-order chi connectivity index (χ1) is 9.15. The maximum atomic E-state index is 12.0. The third kappa shape index (κ3) is 4.35. The fraction of sp³-hybridized carbons (Fsp3) is 0.562. The highest BCUT2D eigenvalue weighted by Gasteiger charge is 2.23. The zero-order valence-electron chi connectivity index (χ0n) is 11.7.